The average Bonchev–Trinajstić information content (AvgIpc) is 2.96. The molecule has 1 aromatic heterocycles. The van der Waals surface area contributed by atoms with Crippen molar-refractivity contribution in [3.63, 3.8) is 0 Å². The van der Waals surface area contributed by atoms with E-state index in [-0.39, 0.29) is 31.0 Å². The number of carbonyl (C=O) groups is 1. The van der Waals surface area contributed by atoms with Gasteiger partial charge in [-0.25, -0.2) is 8.78 Å². The van der Waals surface area contributed by atoms with Crippen LogP contribution in [0.15, 0.2) is 30.6 Å². The number of rotatable bonds is 7. The van der Waals surface area contributed by atoms with Crippen molar-refractivity contribution in [1.82, 2.24) is 15.1 Å². The number of carbonyl (C=O) groups excluding carboxylic acids is 1. The number of nitrogens with zero attached hydrogens (tertiary/aromatic N) is 2. The minimum Gasteiger partial charge on any atom is -0.480 e. The first-order valence-electron chi connectivity index (χ1n) is 6.95. The van der Waals surface area contributed by atoms with Gasteiger partial charge in [0.25, 0.3) is 5.91 Å². The number of ether oxygens (including phenoxy) is 1. The molecular weight excluding hydrogens is 292 g/mol. The van der Waals surface area contributed by atoms with Crippen molar-refractivity contribution in [2.24, 2.45) is 0 Å². The molecule has 0 spiro atoms. The maximum absolute atomic E-state index is 13.4. The summed E-state index contributed by atoms with van der Waals surface area (Å²) in [5.74, 6) is -1.09. The largest absolute Gasteiger partial charge is 0.480 e. The average molecular weight is 309 g/mol. The summed E-state index contributed by atoms with van der Waals surface area (Å²) in [5, 5.41) is 6.56. The molecule has 0 saturated carbocycles. The Balaban J connectivity index is 1.74. The molecule has 0 saturated heterocycles. The van der Waals surface area contributed by atoms with Crippen LogP contribution in [-0.2, 0) is 17.8 Å². The normalized spacial score (nSPS) is 10.5. The predicted molar refractivity (Wildman–Crippen MR) is 76.5 cm³/mol. The quantitative estimate of drug-likeness (QED) is 0.850. The van der Waals surface area contributed by atoms with Gasteiger partial charge in [0.2, 0.25) is 0 Å². The van der Waals surface area contributed by atoms with E-state index < -0.39 is 11.6 Å². The molecule has 5 nitrogen and oxygen atoms in total. The van der Waals surface area contributed by atoms with Crippen molar-refractivity contribution in [3.05, 3.63) is 47.8 Å². The second-order valence-electron chi connectivity index (χ2n) is 4.62. The molecule has 1 N–H and O–H groups in total. The SMILES string of the molecule is CCn1cc(OCC(=O)NCCc2c(F)cccc2F)cn1. The fraction of sp³-hybridized carbons (Fsp3) is 0.333. The molecule has 0 bridgehead atoms. The molecule has 0 aliphatic rings. The highest BCUT2D eigenvalue weighted by Crippen LogP contribution is 2.12. The fourth-order valence-corrected chi connectivity index (χ4v) is 1.89. The second-order valence-corrected chi connectivity index (χ2v) is 4.62. The van der Waals surface area contributed by atoms with Gasteiger partial charge in [0.15, 0.2) is 12.4 Å². The van der Waals surface area contributed by atoms with Crippen LogP contribution in [0.5, 0.6) is 5.75 Å². The minimum atomic E-state index is -0.613. The summed E-state index contributed by atoms with van der Waals surface area (Å²) < 4.78 is 33.7. The molecule has 2 rings (SSSR count). The van der Waals surface area contributed by atoms with E-state index in [2.05, 4.69) is 10.4 Å². The Hall–Kier alpha value is -2.44. The highest BCUT2D eigenvalue weighted by molar-refractivity contribution is 5.77. The topological polar surface area (TPSA) is 56.1 Å². The van der Waals surface area contributed by atoms with Gasteiger partial charge in [0.1, 0.15) is 11.6 Å². The number of benzene rings is 1. The van der Waals surface area contributed by atoms with Gasteiger partial charge in [-0.05, 0) is 25.5 Å². The van der Waals surface area contributed by atoms with E-state index in [0.717, 1.165) is 0 Å². The fourth-order valence-electron chi connectivity index (χ4n) is 1.89. The van der Waals surface area contributed by atoms with Crippen LogP contribution in [0.1, 0.15) is 12.5 Å². The first-order valence-corrected chi connectivity index (χ1v) is 6.95. The van der Waals surface area contributed by atoms with Gasteiger partial charge >= 0.3 is 0 Å². The summed E-state index contributed by atoms with van der Waals surface area (Å²) in [6.45, 7) is 2.61. The Labute approximate surface area is 126 Å². The lowest BCUT2D eigenvalue weighted by molar-refractivity contribution is -0.123. The first kappa shape index (κ1) is 15.9. The number of hydrogen-bond acceptors (Lipinski definition) is 3. The van der Waals surface area contributed by atoms with Crippen molar-refractivity contribution >= 4 is 5.91 Å². The highest BCUT2D eigenvalue weighted by atomic mass is 19.1. The lowest BCUT2D eigenvalue weighted by Crippen LogP contribution is -2.30. The molecule has 0 aliphatic carbocycles. The number of halogens is 2. The van der Waals surface area contributed by atoms with Gasteiger partial charge in [-0.1, -0.05) is 6.07 Å². The van der Waals surface area contributed by atoms with Crippen molar-refractivity contribution in [3.8, 4) is 5.75 Å². The molecule has 2 aromatic rings. The number of amides is 1. The molecule has 1 amide bonds. The van der Waals surface area contributed by atoms with Crippen LogP contribution in [0.3, 0.4) is 0 Å². The van der Waals surface area contributed by atoms with Gasteiger partial charge in [-0.2, -0.15) is 5.10 Å². The lowest BCUT2D eigenvalue weighted by atomic mass is 10.1. The van der Waals surface area contributed by atoms with Gasteiger partial charge in [-0.3, -0.25) is 9.48 Å². The molecule has 1 heterocycles. The Morgan fingerprint density at radius 1 is 1.36 bits per heavy atom. The summed E-state index contributed by atoms with van der Waals surface area (Å²) in [6.07, 6.45) is 3.28. The summed E-state index contributed by atoms with van der Waals surface area (Å²) in [5.41, 5.74) is -0.0343. The van der Waals surface area contributed by atoms with E-state index in [9.17, 15) is 13.6 Å². The third kappa shape index (κ3) is 4.28. The molecule has 22 heavy (non-hydrogen) atoms. The van der Waals surface area contributed by atoms with Crippen LogP contribution >= 0.6 is 0 Å². The molecule has 0 atom stereocenters. The third-order valence-electron chi connectivity index (χ3n) is 3.06. The van der Waals surface area contributed by atoms with Crippen molar-refractivity contribution < 1.29 is 18.3 Å². The molecule has 0 unspecified atom stereocenters. The number of aromatic nitrogens is 2. The Morgan fingerprint density at radius 3 is 2.73 bits per heavy atom. The van der Waals surface area contributed by atoms with E-state index in [1.807, 2.05) is 6.92 Å². The van der Waals surface area contributed by atoms with Gasteiger partial charge in [0.05, 0.1) is 12.4 Å². The zero-order valence-corrected chi connectivity index (χ0v) is 12.2. The van der Waals surface area contributed by atoms with Crippen molar-refractivity contribution in [2.45, 2.75) is 19.9 Å². The first-order chi connectivity index (χ1) is 10.6. The Bertz CT molecular complexity index is 623. The second kappa shape index (κ2) is 7.53. The van der Waals surface area contributed by atoms with E-state index in [0.29, 0.717) is 12.3 Å². The summed E-state index contributed by atoms with van der Waals surface area (Å²) in [4.78, 5) is 11.6. The molecule has 0 aliphatic heterocycles. The number of aryl methyl sites for hydroxylation is 1. The van der Waals surface area contributed by atoms with Crippen LogP contribution in [0.4, 0.5) is 8.78 Å². The van der Waals surface area contributed by atoms with Crippen LogP contribution in [0.25, 0.3) is 0 Å². The van der Waals surface area contributed by atoms with E-state index in [4.69, 9.17) is 4.74 Å². The smallest absolute Gasteiger partial charge is 0.257 e. The highest BCUT2D eigenvalue weighted by Gasteiger charge is 2.09. The maximum atomic E-state index is 13.4. The van der Waals surface area contributed by atoms with Crippen molar-refractivity contribution in [2.75, 3.05) is 13.2 Å². The predicted octanol–water partition coefficient (Wildman–Crippen LogP) is 1.92. The van der Waals surface area contributed by atoms with Crippen LogP contribution in [0.2, 0.25) is 0 Å². The van der Waals surface area contributed by atoms with Gasteiger partial charge in [0, 0.05) is 18.7 Å². The zero-order chi connectivity index (χ0) is 15.9. The zero-order valence-electron chi connectivity index (χ0n) is 12.2. The van der Waals surface area contributed by atoms with Crippen LogP contribution in [0, 0.1) is 11.6 Å². The molecule has 1 aromatic carbocycles. The summed E-state index contributed by atoms with van der Waals surface area (Å²) in [6, 6.07) is 3.68. The lowest BCUT2D eigenvalue weighted by Gasteiger charge is -2.07. The summed E-state index contributed by atoms with van der Waals surface area (Å²) >= 11 is 0. The maximum Gasteiger partial charge on any atom is 0.257 e. The summed E-state index contributed by atoms with van der Waals surface area (Å²) in [7, 11) is 0. The Morgan fingerprint density at radius 2 is 2.09 bits per heavy atom. The van der Waals surface area contributed by atoms with Gasteiger partial charge in [-0.15, -0.1) is 0 Å². The van der Waals surface area contributed by atoms with Crippen LogP contribution < -0.4 is 10.1 Å². The minimum absolute atomic E-state index is 0.0343. The molecule has 0 radical (unpaired) electrons. The molecular formula is C15H17F2N3O2. The number of hydrogen-bond donors (Lipinski definition) is 1. The van der Waals surface area contributed by atoms with E-state index in [1.54, 1.807) is 10.9 Å². The van der Waals surface area contributed by atoms with E-state index in [1.165, 1.54) is 24.4 Å². The third-order valence-corrected chi connectivity index (χ3v) is 3.06. The Kier molecular flexibility index (Phi) is 5.46. The number of nitrogens with one attached hydrogen (secondary N) is 1. The van der Waals surface area contributed by atoms with Crippen LogP contribution in [-0.4, -0.2) is 28.8 Å². The van der Waals surface area contributed by atoms with E-state index >= 15 is 0 Å². The standard InChI is InChI=1S/C15H17F2N3O2/c1-2-20-9-11(8-19-20)22-10-15(21)18-7-6-12-13(16)4-3-5-14(12)17/h3-5,8-9H,2,6-7,10H2,1H3,(H,18,21). The van der Waals surface area contributed by atoms with Gasteiger partial charge < -0.3 is 10.1 Å². The van der Waals surface area contributed by atoms with Crippen molar-refractivity contribution in [1.29, 1.82) is 0 Å². The molecule has 0 fully saturated rings. The monoisotopic (exact) mass is 309 g/mol. The molecule has 118 valence electrons. The molecule has 7 heteroatoms.